The summed E-state index contributed by atoms with van der Waals surface area (Å²) in [7, 11) is 0. The molecule has 86 valence electrons. The van der Waals surface area contributed by atoms with Gasteiger partial charge in [0, 0.05) is 0 Å². The van der Waals surface area contributed by atoms with Gasteiger partial charge in [-0.3, -0.25) is 4.79 Å². The molecule has 1 heteroatoms. The molecule has 0 aromatic carbocycles. The summed E-state index contributed by atoms with van der Waals surface area (Å²) in [5.74, 6) is 1.41. The number of carbonyl (C=O) groups excluding carboxylic acids is 1. The first kappa shape index (κ1) is 14.2. The Bertz CT molecular complexity index is 223. The van der Waals surface area contributed by atoms with E-state index in [9.17, 15) is 4.79 Å². The van der Waals surface area contributed by atoms with E-state index in [4.69, 9.17) is 0 Å². The van der Waals surface area contributed by atoms with E-state index in [0.717, 1.165) is 17.8 Å². The summed E-state index contributed by atoms with van der Waals surface area (Å²) in [6.45, 7) is 8.56. The monoisotopic (exact) mass is 208 g/mol. The van der Waals surface area contributed by atoms with Gasteiger partial charge in [-0.05, 0) is 30.8 Å². The molecule has 0 aromatic rings. The second-order valence-electron chi connectivity index (χ2n) is 4.72. The molecule has 0 saturated carbocycles. The van der Waals surface area contributed by atoms with Crippen LogP contribution in [0.1, 0.15) is 47.0 Å². The van der Waals surface area contributed by atoms with E-state index in [2.05, 4.69) is 26.8 Å². The average molecular weight is 208 g/mol. The molecule has 1 unspecified atom stereocenters. The number of allylic oxidation sites excluding steroid dienone is 4. The molecule has 0 rings (SSSR count). The van der Waals surface area contributed by atoms with Crippen LogP contribution >= 0.6 is 0 Å². The van der Waals surface area contributed by atoms with Crippen molar-refractivity contribution < 1.29 is 4.79 Å². The van der Waals surface area contributed by atoms with Crippen molar-refractivity contribution in [3.8, 4) is 0 Å². The molecule has 0 heterocycles. The second kappa shape index (κ2) is 8.46. The maximum absolute atomic E-state index is 10.3. The Morgan fingerprint density at radius 1 is 1.20 bits per heavy atom. The molecule has 0 N–H and O–H groups in total. The molecule has 0 aliphatic heterocycles. The van der Waals surface area contributed by atoms with Crippen LogP contribution in [0.3, 0.4) is 0 Å². The molecule has 0 aliphatic rings. The number of aldehydes is 1. The van der Waals surface area contributed by atoms with Gasteiger partial charge in [0.1, 0.15) is 6.29 Å². The Balaban J connectivity index is 3.73. The highest BCUT2D eigenvalue weighted by molar-refractivity contribution is 5.72. The van der Waals surface area contributed by atoms with Crippen LogP contribution in [0.25, 0.3) is 0 Å². The summed E-state index contributed by atoms with van der Waals surface area (Å²) in [6.07, 6.45) is 10.8. The van der Waals surface area contributed by atoms with Crippen LogP contribution in [-0.2, 0) is 4.79 Å². The first-order chi connectivity index (χ1) is 7.06. The highest BCUT2D eigenvalue weighted by Crippen LogP contribution is 2.13. The summed E-state index contributed by atoms with van der Waals surface area (Å²) in [5, 5.41) is 0. The summed E-state index contributed by atoms with van der Waals surface area (Å²) < 4.78 is 0. The molecular formula is C14H24O. The van der Waals surface area contributed by atoms with Gasteiger partial charge in [0.2, 0.25) is 0 Å². The Morgan fingerprint density at radius 2 is 1.87 bits per heavy atom. The van der Waals surface area contributed by atoms with Gasteiger partial charge < -0.3 is 0 Å². The van der Waals surface area contributed by atoms with Crippen LogP contribution in [0, 0.1) is 11.8 Å². The summed E-state index contributed by atoms with van der Waals surface area (Å²) in [6, 6.07) is 0. The maximum atomic E-state index is 10.3. The fraction of sp³-hybridized carbons (Fsp3) is 0.643. The fourth-order valence-electron chi connectivity index (χ4n) is 1.38. The Kier molecular flexibility index (Phi) is 7.98. The van der Waals surface area contributed by atoms with Gasteiger partial charge in [-0.15, -0.1) is 0 Å². The molecule has 0 saturated heterocycles. The Morgan fingerprint density at radius 3 is 2.40 bits per heavy atom. The molecule has 0 aromatic heterocycles. The van der Waals surface area contributed by atoms with E-state index in [1.165, 1.54) is 19.3 Å². The molecule has 0 fully saturated rings. The molecular weight excluding hydrogens is 184 g/mol. The molecule has 1 atom stereocenters. The largest absolute Gasteiger partial charge is 0.298 e. The third-order valence-corrected chi connectivity index (χ3v) is 2.43. The predicted octanol–water partition coefficient (Wildman–Crippen LogP) is 4.15. The summed E-state index contributed by atoms with van der Waals surface area (Å²) in [5.41, 5.74) is 0.778. The quantitative estimate of drug-likeness (QED) is 0.349. The van der Waals surface area contributed by atoms with Crippen molar-refractivity contribution in [3.63, 3.8) is 0 Å². The third kappa shape index (κ3) is 9.45. The lowest BCUT2D eigenvalue weighted by molar-refractivity contribution is -0.104. The zero-order valence-electron chi connectivity index (χ0n) is 10.5. The van der Waals surface area contributed by atoms with Crippen molar-refractivity contribution >= 4 is 6.29 Å². The minimum absolute atomic E-state index is 0.611. The third-order valence-electron chi connectivity index (χ3n) is 2.43. The zero-order chi connectivity index (χ0) is 11.7. The van der Waals surface area contributed by atoms with Gasteiger partial charge in [-0.25, -0.2) is 0 Å². The number of rotatable bonds is 7. The highest BCUT2D eigenvalue weighted by atomic mass is 16.1. The minimum atomic E-state index is 0.611. The molecule has 0 radical (unpaired) electrons. The van der Waals surface area contributed by atoms with Crippen LogP contribution < -0.4 is 0 Å². The van der Waals surface area contributed by atoms with Crippen LogP contribution in [0.2, 0.25) is 0 Å². The van der Waals surface area contributed by atoms with E-state index in [-0.39, 0.29) is 0 Å². The van der Waals surface area contributed by atoms with Gasteiger partial charge >= 0.3 is 0 Å². The fourth-order valence-corrected chi connectivity index (χ4v) is 1.38. The molecule has 1 nitrogen and oxygen atoms in total. The number of hydrogen-bond acceptors (Lipinski definition) is 1. The van der Waals surface area contributed by atoms with Crippen molar-refractivity contribution in [2.75, 3.05) is 0 Å². The Labute approximate surface area is 94.3 Å². The number of carbonyl (C=O) groups is 1. The SMILES string of the molecule is CC(C=O)=CC=CC(C)CCCC(C)C. The lowest BCUT2D eigenvalue weighted by atomic mass is 9.99. The van der Waals surface area contributed by atoms with Gasteiger partial charge in [0.05, 0.1) is 0 Å². The van der Waals surface area contributed by atoms with Crippen molar-refractivity contribution in [2.45, 2.75) is 47.0 Å². The van der Waals surface area contributed by atoms with Crippen LogP contribution in [0.5, 0.6) is 0 Å². The van der Waals surface area contributed by atoms with Crippen molar-refractivity contribution in [3.05, 3.63) is 23.8 Å². The molecule has 0 bridgehead atoms. The van der Waals surface area contributed by atoms with Gasteiger partial charge in [-0.1, -0.05) is 51.8 Å². The molecule has 0 aliphatic carbocycles. The van der Waals surface area contributed by atoms with E-state index in [1.807, 2.05) is 19.1 Å². The standard InChI is InChI=1S/C14H24O/c1-12(2)7-5-8-13(3)9-6-10-14(4)11-15/h6,9-13H,5,7-8H2,1-4H3. The van der Waals surface area contributed by atoms with E-state index >= 15 is 0 Å². The van der Waals surface area contributed by atoms with Crippen molar-refractivity contribution in [1.82, 2.24) is 0 Å². The first-order valence-electron chi connectivity index (χ1n) is 5.86. The average Bonchev–Trinajstić information content (AvgIpc) is 2.17. The summed E-state index contributed by atoms with van der Waals surface area (Å²) in [4.78, 5) is 10.3. The van der Waals surface area contributed by atoms with Crippen LogP contribution in [0.4, 0.5) is 0 Å². The maximum Gasteiger partial charge on any atom is 0.145 e. The van der Waals surface area contributed by atoms with Crippen LogP contribution in [-0.4, -0.2) is 6.29 Å². The molecule has 0 spiro atoms. The van der Waals surface area contributed by atoms with E-state index in [1.54, 1.807) is 0 Å². The lowest BCUT2D eigenvalue weighted by Gasteiger charge is -2.07. The second-order valence-corrected chi connectivity index (χ2v) is 4.72. The molecule has 0 amide bonds. The van der Waals surface area contributed by atoms with Crippen molar-refractivity contribution in [2.24, 2.45) is 11.8 Å². The topological polar surface area (TPSA) is 17.1 Å². The van der Waals surface area contributed by atoms with Gasteiger partial charge in [-0.2, -0.15) is 0 Å². The van der Waals surface area contributed by atoms with Crippen LogP contribution in [0.15, 0.2) is 23.8 Å². The van der Waals surface area contributed by atoms with E-state index < -0.39 is 0 Å². The predicted molar refractivity (Wildman–Crippen MR) is 66.8 cm³/mol. The normalized spacial score (nSPS) is 14.9. The minimum Gasteiger partial charge on any atom is -0.298 e. The van der Waals surface area contributed by atoms with E-state index in [0.29, 0.717) is 5.92 Å². The first-order valence-corrected chi connectivity index (χ1v) is 5.86. The van der Waals surface area contributed by atoms with Gasteiger partial charge in [0.15, 0.2) is 0 Å². The Hall–Kier alpha value is -0.850. The molecule has 15 heavy (non-hydrogen) atoms. The zero-order valence-corrected chi connectivity index (χ0v) is 10.5. The summed E-state index contributed by atoms with van der Waals surface area (Å²) >= 11 is 0. The van der Waals surface area contributed by atoms with Gasteiger partial charge in [0.25, 0.3) is 0 Å². The smallest absolute Gasteiger partial charge is 0.145 e. The van der Waals surface area contributed by atoms with Crippen molar-refractivity contribution in [1.29, 1.82) is 0 Å². The lowest BCUT2D eigenvalue weighted by Crippen LogP contribution is -1.92. The number of hydrogen-bond donors (Lipinski definition) is 0. The highest BCUT2D eigenvalue weighted by Gasteiger charge is 1.98.